The normalized spacial score (nSPS) is 11.9. The van der Waals surface area contributed by atoms with Crippen molar-refractivity contribution in [3.8, 4) is 0 Å². The molecule has 0 aliphatic carbocycles. The minimum Gasteiger partial charge on any atom is -0.350 e. The maximum Gasteiger partial charge on any atom is 0.241 e. The van der Waals surface area contributed by atoms with Gasteiger partial charge in [-0.1, -0.05) is 54.1 Å². The number of aliphatic imine (C=N–C) groups is 1. The van der Waals surface area contributed by atoms with Crippen LogP contribution in [0.5, 0.6) is 0 Å². The number of nitrogens with zero attached hydrogens (tertiary/aromatic N) is 2. The second kappa shape index (κ2) is 11.8. The van der Waals surface area contributed by atoms with Gasteiger partial charge in [-0.2, -0.15) is 0 Å². The molecular formula is C20H26ClIN4O. The highest BCUT2D eigenvalue weighted by Gasteiger charge is 2.10. The first-order valence-electron chi connectivity index (χ1n) is 8.50. The molecule has 0 saturated heterocycles. The molecule has 27 heavy (non-hydrogen) atoms. The number of rotatable bonds is 6. The van der Waals surface area contributed by atoms with Gasteiger partial charge >= 0.3 is 0 Å². The van der Waals surface area contributed by atoms with Crippen LogP contribution in [0.2, 0.25) is 5.02 Å². The molecule has 2 N–H and O–H groups in total. The van der Waals surface area contributed by atoms with E-state index < -0.39 is 0 Å². The van der Waals surface area contributed by atoms with Gasteiger partial charge in [0.05, 0.1) is 19.1 Å². The number of hydrogen-bond donors (Lipinski definition) is 2. The summed E-state index contributed by atoms with van der Waals surface area (Å²) in [6.07, 6.45) is 0. The molecule has 0 saturated carbocycles. The number of likely N-dealkylation sites (N-methyl/N-ethyl adjacent to an activating group) is 1. The van der Waals surface area contributed by atoms with Gasteiger partial charge in [-0.25, -0.2) is 4.99 Å². The summed E-state index contributed by atoms with van der Waals surface area (Å²) in [6.45, 7) is 2.70. The maximum absolute atomic E-state index is 11.9. The first kappa shape index (κ1) is 23.2. The monoisotopic (exact) mass is 500 g/mol. The van der Waals surface area contributed by atoms with Crippen LogP contribution < -0.4 is 10.6 Å². The zero-order valence-corrected chi connectivity index (χ0v) is 18.9. The number of benzene rings is 2. The number of carbonyl (C=O) groups excluding carboxylic acids is 1. The van der Waals surface area contributed by atoms with Crippen molar-refractivity contribution in [2.75, 3.05) is 20.6 Å². The lowest BCUT2D eigenvalue weighted by Gasteiger charge is -2.19. The van der Waals surface area contributed by atoms with Crippen molar-refractivity contribution >= 4 is 47.4 Å². The smallest absolute Gasteiger partial charge is 0.241 e. The van der Waals surface area contributed by atoms with Gasteiger partial charge in [-0.05, 0) is 30.2 Å². The van der Waals surface area contributed by atoms with Crippen molar-refractivity contribution in [3.63, 3.8) is 0 Å². The number of carbonyl (C=O) groups is 1. The predicted molar refractivity (Wildman–Crippen MR) is 123 cm³/mol. The summed E-state index contributed by atoms with van der Waals surface area (Å²) in [7, 11) is 3.46. The van der Waals surface area contributed by atoms with E-state index in [0.717, 1.165) is 11.1 Å². The van der Waals surface area contributed by atoms with E-state index in [4.69, 9.17) is 11.6 Å². The number of amides is 1. The molecule has 0 heterocycles. The van der Waals surface area contributed by atoms with Crippen molar-refractivity contribution in [1.29, 1.82) is 0 Å². The quantitative estimate of drug-likeness (QED) is 0.360. The van der Waals surface area contributed by atoms with Crippen LogP contribution in [0.25, 0.3) is 0 Å². The topological polar surface area (TPSA) is 56.7 Å². The van der Waals surface area contributed by atoms with Gasteiger partial charge in [0.15, 0.2) is 5.96 Å². The average molecular weight is 501 g/mol. The summed E-state index contributed by atoms with van der Waals surface area (Å²) in [4.78, 5) is 18.0. The van der Waals surface area contributed by atoms with E-state index in [0.29, 0.717) is 17.5 Å². The van der Waals surface area contributed by atoms with E-state index >= 15 is 0 Å². The summed E-state index contributed by atoms with van der Waals surface area (Å²) in [6, 6.07) is 17.7. The molecule has 0 spiro atoms. The van der Waals surface area contributed by atoms with Crippen LogP contribution in [-0.4, -0.2) is 37.4 Å². The summed E-state index contributed by atoms with van der Waals surface area (Å²) in [5.74, 6) is 0.561. The molecule has 0 bridgehead atoms. The molecule has 7 heteroatoms. The van der Waals surface area contributed by atoms with E-state index in [1.807, 2.05) is 42.5 Å². The molecule has 0 aromatic heterocycles. The van der Waals surface area contributed by atoms with E-state index in [1.54, 1.807) is 19.0 Å². The average Bonchev–Trinajstić information content (AvgIpc) is 2.64. The standard InChI is InChI=1S/C20H25ClN4O.HI/c1-15(17-9-5-4-6-10-17)24-20(23-14-19(26)25(2)3)22-13-16-8-7-11-18(21)12-16;/h4-12,15H,13-14H2,1-3H3,(H2,22,23,24);1H. The third-order valence-corrected chi connectivity index (χ3v) is 4.10. The Morgan fingerprint density at radius 3 is 2.48 bits per heavy atom. The fourth-order valence-corrected chi connectivity index (χ4v) is 2.52. The van der Waals surface area contributed by atoms with Gasteiger partial charge in [0.2, 0.25) is 5.91 Å². The molecule has 0 aliphatic rings. The Balaban J connectivity index is 0.00000364. The van der Waals surface area contributed by atoms with Crippen LogP contribution in [0.4, 0.5) is 0 Å². The minimum absolute atomic E-state index is 0. The SMILES string of the molecule is CC(NC(=NCc1cccc(Cl)c1)NCC(=O)N(C)C)c1ccccc1.I. The fraction of sp³-hybridized carbons (Fsp3) is 0.300. The first-order chi connectivity index (χ1) is 12.5. The van der Waals surface area contributed by atoms with E-state index in [-0.39, 0.29) is 42.5 Å². The van der Waals surface area contributed by atoms with Crippen LogP contribution in [0, 0.1) is 0 Å². The largest absolute Gasteiger partial charge is 0.350 e. The predicted octanol–water partition coefficient (Wildman–Crippen LogP) is 3.84. The van der Waals surface area contributed by atoms with Crippen LogP contribution in [-0.2, 0) is 11.3 Å². The second-order valence-electron chi connectivity index (χ2n) is 6.21. The Morgan fingerprint density at radius 1 is 1.15 bits per heavy atom. The molecule has 2 rings (SSSR count). The van der Waals surface area contributed by atoms with Gasteiger partial charge < -0.3 is 15.5 Å². The summed E-state index contributed by atoms with van der Waals surface area (Å²) in [5.41, 5.74) is 2.15. The van der Waals surface area contributed by atoms with Crippen molar-refractivity contribution in [1.82, 2.24) is 15.5 Å². The third-order valence-electron chi connectivity index (χ3n) is 3.87. The summed E-state index contributed by atoms with van der Waals surface area (Å²) >= 11 is 6.03. The second-order valence-corrected chi connectivity index (χ2v) is 6.65. The minimum atomic E-state index is -0.0189. The lowest BCUT2D eigenvalue weighted by atomic mass is 10.1. The molecule has 2 aromatic carbocycles. The fourth-order valence-electron chi connectivity index (χ4n) is 2.31. The highest BCUT2D eigenvalue weighted by molar-refractivity contribution is 14.0. The van der Waals surface area contributed by atoms with E-state index in [9.17, 15) is 4.79 Å². The van der Waals surface area contributed by atoms with E-state index in [2.05, 4.69) is 34.7 Å². The van der Waals surface area contributed by atoms with Crippen LogP contribution in [0.3, 0.4) is 0 Å². The first-order valence-corrected chi connectivity index (χ1v) is 8.88. The number of nitrogens with one attached hydrogen (secondary N) is 2. The van der Waals surface area contributed by atoms with Crippen LogP contribution in [0.1, 0.15) is 24.1 Å². The summed E-state index contributed by atoms with van der Waals surface area (Å²) in [5, 5.41) is 7.13. The zero-order valence-electron chi connectivity index (χ0n) is 15.8. The van der Waals surface area contributed by atoms with Crippen molar-refractivity contribution in [3.05, 3.63) is 70.7 Å². The molecule has 5 nitrogen and oxygen atoms in total. The number of hydrogen-bond acceptors (Lipinski definition) is 2. The van der Waals surface area contributed by atoms with Crippen molar-refractivity contribution in [2.45, 2.75) is 19.5 Å². The van der Waals surface area contributed by atoms with Crippen LogP contribution in [0.15, 0.2) is 59.6 Å². The van der Waals surface area contributed by atoms with Gasteiger partial charge in [-0.15, -0.1) is 24.0 Å². The molecule has 1 amide bonds. The molecule has 0 aliphatic heterocycles. The third kappa shape index (κ3) is 8.17. The van der Waals surface area contributed by atoms with Gasteiger partial charge in [-0.3, -0.25) is 4.79 Å². The zero-order chi connectivity index (χ0) is 18.9. The van der Waals surface area contributed by atoms with Crippen molar-refractivity contribution < 1.29 is 4.79 Å². The number of guanidine groups is 1. The van der Waals surface area contributed by atoms with Gasteiger partial charge in [0.1, 0.15) is 0 Å². The Morgan fingerprint density at radius 2 is 1.85 bits per heavy atom. The van der Waals surface area contributed by atoms with Gasteiger partial charge in [0.25, 0.3) is 0 Å². The Bertz CT molecular complexity index is 753. The van der Waals surface area contributed by atoms with E-state index in [1.165, 1.54) is 0 Å². The highest BCUT2D eigenvalue weighted by atomic mass is 127. The van der Waals surface area contributed by atoms with Crippen molar-refractivity contribution in [2.24, 2.45) is 4.99 Å². The maximum atomic E-state index is 11.9. The molecule has 1 unspecified atom stereocenters. The molecule has 1 atom stereocenters. The molecular weight excluding hydrogens is 475 g/mol. The lowest BCUT2D eigenvalue weighted by Crippen LogP contribution is -2.43. The Labute approximate surface area is 183 Å². The number of halogens is 2. The Kier molecular flexibility index (Phi) is 10.2. The highest BCUT2D eigenvalue weighted by Crippen LogP contribution is 2.13. The molecule has 2 aromatic rings. The molecule has 0 fully saturated rings. The summed E-state index contributed by atoms with van der Waals surface area (Å²) < 4.78 is 0. The Hall–Kier alpha value is -1.80. The van der Waals surface area contributed by atoms with Gasteiger partial charge in [0, 0.05) is 19.1 Å². The molecule has 0 radical (unpaired) electrons. The molecule has 146 valence electrons. The lowest BCUT2D eigenvalue weighted by molar-refractivity contribution is -0.127. The van der Waals surface area contributed by atoms with Crippen LogP contribution >= 0.6 is 35.6 Å².